The zero-order chi connectivity index (χ0) is 13.1. The minimum Gasteiger partial charge on any atom is -0.304 e. The second kappa shape index (κ2) is 5.31. The summed E-state index contributed by atoms with van der Waals surface area (Å²) in [5.41, 5.74) is -0.311. The summed E-state index contributed by atoms with van der Waals surface area (Å²) >= 11 is 0. The van der Waals surface area contributed by atoms with Crippen LogP contribution in [-0.2, 0) is 6.42 Å². The molecule has 1 fully saturated rings. The van der Waals surface area contributed by atoms with Crippen LogP contribution in [0.2, 0.25) is 0 Å². The van der Waals surface area contributed by atoms with Gasteiger partial charge in [0.05, 0.1) is 0 Å². The summed E-state index contributed by atoms with van der Waals surface area (Å²) in [4.78, 5) is 0. The highest BCUT2D eigenvalue weighted by atomic mass is 19.4. The number of aryl methyl sites for hydroxylation is 1. The van der Waals surface area contributed by atoms with Gasteiger partial charge < -0.3 is 5.32 Å². The summed E-state index contributed by atoms with van der Waals surface area (Å²) in [6, 6.07) is 10.0. The highest BCUT2D eigenvalue weighted by Gasteiger charge is 2.62. The number of rotatable bonds is 6. The van der Waals surface area contributed by atoms with Crippen LogP contribution in [0.1, 0.15) is 31.2 Å². The molecular formula is C14H18F3N. The number of nitrogens with one attached hydrogen (secondary N) is 1. The van der Waals surface area contributed by atoms with Crippen molar-refractivity contribution in [2.45, 2.75) is 43.8 Å². The van der Waals surface area contributed by atoms with E-state index in [0.29, 0.717) is 6.54 Å². The molecule has 0 unspecified atom stereocenters. The number of hydrogen-bond acceptors (Lipinski definition) is 1. The lowest BCUT2D eigenvalue weighted by Crippen LogP contribution is -2.45. The zero-order valence-corrected chi connectivity index (χ0v) is 10.3. The molecule has 1 nitrogen and oxygen atoms in total. The van der Waals surface area contributed by atoms with Crippen LogP contribution in [0.4, 0.5) is 13.2 Å². The highest BCUT2D eigenvalue weighted by Crippen LogP contribution is 2.48. The summed E-state index contributed by atoms with van der Waals surface area (Å²) in [5, 5.41) is 2.67. The van der Waals surface area contributed by atoms with Crippen LogP contribution in [0.15, 0.2) is 30.3 Å². The quantitative estimate of drug-likeness (QED) is 0.766. The smallest absolute Gasteiger partial charge is 0.304 e. The molecule has 1 saturated carbocycles. The summed E-state index contributed by atoms with van der Waals surface area (Å²) in [6.45, 7) is 0.451. The molecule has 0 bridgehead atoms. The molecule has 1 aliphatic rings. The van der Waals surface area contributed by atoms with Crippen LogP contribution in [0.3, 0.4) is 0 Å². The van der Waals surface area contributed by atoms with E-state index in [4.69, 9.17) is 0 Å². The van der Waals surface area contributed by atoms with Crippen molar-refractivity contribution in [3.05, 3.63) is 35.9 Å². The molecule has 1 aromatic carbocycles. The Morgan fingerprint density at radius 3 is 2.28 bits per heavy atom. The number of alkyl halides is 3. The Morgan fingerprint density at radius 1 is 1.06 bits per heavy atom. The van der Waals surface area contributed by atoms with Crippen molar-refractivity contribution >= 4 is 0 Å². The Labute approximate surface area is 105 Å². The molecule has 0 aromatic heterocycles. The predicted molar refractivity (Wildman–Crippen MR) is 65.4 cm³/mol. The first-order valence-electron chi connectivity index (χ1n) is 6.39. The van der Waals surface area contributed by atoms with Crippen molar-refractivity contribution in [2.75, 3.05) is 6.54 Å². The second-order valence-corrected chi connectivity index (χ2v) is 4.95. The maximum Gasteiger partial charge on any atom is 0.406 e. The molecule has 0 saturated heterocycles. The molecule has 4 heteroatoms. The molecule has 0 radical (unpaired) electrons. The molecular weight excluding hydrogens is 239 g/mol. The van der Waals surface area contributed by atoms with Gasteiger partial charge in [-0.2, -0.15) is 13.2 Å². The van der Waals surface area contributed by atoms with Gasteiger partial charge in [-0.25, -0.2) is 0 Å². The van der Waals surface area contributed by atoms with Crippen molar-refractivity contribution in [3.8, 4) is 0 Å². The second-order valence-electron chi connectivity index (χ2n) is 4.95. The lowest BCUT2D eigenvalue weighted by molar-refractivity contribution is -0.165. The molecule has 1 aromatic rings. The monoisotopic (exact) mass is 257 g/mol. The SMILES string of the molecule is FC(F)(F)C1(NCCCCc2ccccc2)CC1. The standard InChI is InChI=1S/C14H18F3N/c15-14(16,17)13(9-10-13)18-11-5-4-8-12-6-2-1-3-7-12/h1-3,6-7,18H,4-5,8-11H2. The Balaban J connectivity index is 1.63. The van der Waals surface area contributed by atoms with Crippen molar-refractivity contribution in [1.29, 1.82) is 0 Å². The van der Waals surface area contributed by atoms with Crippen LogP contribution in [0.5, 0.6) is 0 Å². The van der Waals surface area contributed by atoms with Gasteiger partial charge in [-0.15, -0.1) is 0 Å². The first-order chi connectivity index (χ1) is 8.54. The van der Waals surface area contributed by atoms with E-state index in [9.17, 15) is 13.2 Å². The van der Waals surface area contributed by atoms with E-state index in [0.717, 1.165) is 19.3 Å². The number of benzene rings is 1. The third-order valence-electron chi connectivity index (χ3n) is 3.49. The van der Waals surface area contributed by atoms with Crippen LogP contribution >= 0.6 is 0 Å². The fourth-order valence-electron chi connectivity index (χ4n) is 2.11. The molecule has 1 N–H and O–H groups in total. The molecule has 2 rings (SSSR count). The first-order valence-corrected chi connectivity index (χ1v) is 6.39. The van der Waals surface area contributed by atoms with Gasteiger partial charge in [0.1, 0.15) is 5.54 Å². The Hall–Kier alpha value is -1.03. The summed E-state index contributed by atoms with van der Waals surface area (Å²) in [6.07, 6.45) is -0.990. The molecule has 18 heavy (non-hydrogen) atoms. The van der Waals surface area contributed by atoms with E-state index in [1.54, 1.807) is 0 Å². The Bertz CT molecular complexity index is 368. The van der Waals surface area contributed by atoms with Crippen molar-refractivity contribution < 1.29 is 13.2 Å². The van der Waals surface area contributed by atoms with Crippen LogP contribution in [-0.4, -0.2) is 18.3 Å². The molecule has 0 spiro atoms. The van der Waals surface area contributed by atoms with E-state index in [1.165, 1.54) is 5.56 Å². The lowest BCUT2D eigenvalue weighted by Gasteiger charge is -2.20. The summed E-state index contributed by atoms with van der Waals surface area (Å²) in [5.74, 6) is 0. The number of hydrogen-bond donors (Lipinski definition) is 1. The molecule has 100 valence electrons. The van der Waals surface area contributed by atoms with E-state index < -0.39 is 11.7 Å². The lowest BCUT2D eigenvalue weighted by atomic mass is 10.1. The van der Waals surface area contributed by atoms with Gasteiger partial charge in [-0.3, -0.25) is 0 Å². The average Bonchev–Trinajstić information content (AvgIpc) is 3.10. The van der Waals surface area contributed by atoms with Gasteiger partial charge in [-0.1, -0.05) is 30.3 Å². The maximum absolute atomic E-state index is 12.6. The maximum atomic E-state index is 12.6. The summed E-state index contributed by atoms with van der Waals surface area (Å²) in [7, 11) is 0. The molecule has 0 amide bonds. The van der Waals surface area contributed by atoms with Crippen molar-refractivity contribution in [2.24, 2.45) is 0 Å². The van der Waals surface area contributed by atoms with Crippen LogP contribution < -0.4 is 5.32 Å². The first kappa shape index (κ1) is 13.4. The van der Waals surface area contributed by atoms with Gasteiger partial charge in [0.2, 0.25) is 0 Å². The minimum absolute atomic E-state index is 0.231. The fourth-order valence-corrected chi connectivity index (χ4v) is 2.11. The third kappa shape index (κ3) is 3.25. The van der Waals surface area contributed by atoms with Crippen molar-refractivity contribution in [3.63, 3.8) is 0 Å². The van der Waals surface area contributed by atoms with Crippen LogP contribution in [0.25, 0.3) is 0 Å². The zero-order valence-electron chi connectivity index (χ0n) is 10.3. The van der Waals surface area contributed by atoms with Gasteiger partial charge in [0.25, 0.3) is 0 Å². The fraction of sp³-hybridized carbons (Fsp3) is 0.571. The topological polar surface area (TPSA) is 12.0 Å². The van der Waals surface area contributed by atoms with E-state index in [2.05, 4.69) is 5.32 Å². The van der Waals surface area contributed by atoms with E-state index >= 15 is 0 Å². The van der Waals surface area contributed by atoms with Gasteiger partial charge >= 0.3 is 6.18 Å². The summed E-state index contributed by atoms with van der Waals surface area (Å²) < 4.78 is 37.8. The minimum atomic E-state index is -4.09. The van der Waals surface area contributed by atoms with Gasteiger partial charge in [0, 0.05) is 0 Å². The molecule has 0 aliphatic heterocycles. The molecule has 0 atom stereocenters. The van der Waals surface area contributed by atoms with E-state index in [1.807, 2.05) is 30.3 Å². The largest absolute Gasteiger partial charge is 0.406 e. The normalized spacial score (nSPS) is 17.7. The predicted octanol–water partition coefficient (Wildman–Crippen LogP) is 3.69. The Morgan fingerprint density at radius 2 is 1.72 bits per heavy atom. The molecule has 0 heterocycles. The average molecular weight is 257 g/mol. The Kier molecular flexibility index (Phi) is 3.95. The highest BCUT2D eigenvalue weighted by molar-refractivity contribution is 5.14. The number of unbranched alkanes of at least 4 members (excludes halogenated alkanes) is 1. The van der Waals surface area contributed by atoms with Crippen molar-refractivity contribution in [1.82, 2.24) is 5.32 Å². The van der Waals surface area contributed by atoms with Crippen LogP contribution in [0, 0.1) is 0 Å². The van der Waals surface area contributed by atoms with Gasteiger partial charge in [0.15, 0.2) is 0 Å². The third-order valence-corrected chi connectivity index (χ3v) is 3.49. The van der Waals surface area contributed by atoms with E-state index in [-0.39, 0.29) is 12.8 Å². The van der Waals surface area contributed by atoms with Gasteiger partial charge in [-0.05, 0) is 44.2 Å². The molecule has 1 aliphatic carbocycles. The number of halogens is 3.